The molecule has 182 valence electrons. The van der Waals surface area contributed by atoms with Crippen LogP contribution in [-0.2, 0) is 10.0 Å². The number of rotatable bonds is 4. The van der Waals surface area contributed by atoms with Gasteiger partial charge in [0.25, 0.3) is 5.92 Å². The number of carbonyl (C=O) groups excluding carboxylic acids is 1. The molecule has 0 aliphatic carbocycles. The van der Waals surface area contributed by atoms with Crippen molar-refractivity contribution >= 4 is 27.1 Å². The minimum Gasteiger partial charge on any atom is -0.541 e. The van der Waals surface area contributed by atoms with Gasteiger partial charge in [-0.2, -0.15) is 5.10 Å². The number of sulfonamides is 1. The number of carbonyl (C=O) groups is 1. The van der Waals surface area contributed by atoms with Crippen LogP contribution in [0.4, 0.5) is 23.2 Å². The number of aromatic nitrogens is 2. The number of hydrogen-bond acceptors (Lipinski definition) is 5. The van der Waals surface area contributed by atoms with Crippen molar-refractivity contribution in [3.05, 3.63) is 70.2 Å². The van der Waals surface area contributed by atoms with Gasteiger partial charge in [-0.25, -0.2) is 30.5 Å². The number of hydrogen-bond donors (Lipinski definition) is 0. The van der Waals surface area contributed by atoms with Gasteiger partial charge in [0.1, 0.15) is 21.7 Å². The Morgan fingerprint density at radius 3 is 2.51 bits per heavy atom. The van der Waals surface area contributed by atoms with E-state index in [9.17, 15) is 30.8 Å². The SMILES string of the molecule is CC(C)(C)S(=O)(=O)[N-]C(=O)c1cnn2ccc(N3CC(F)(F)CC3c3cc(F)ccc3F)cc12.[Na+]. The molecular weight excluding hydrogens is 499 g/mol. The van der Waals surface area contributed by atoms with E-state index in [0.29, 0.717) is 0 Å². The molecule has 7 nitrogen and oxygen atoms in total. The smallest absolute Gasteiger partial charge is 0.541 e. The van der Waals surface area contributed by atoms with Crippen molar-refractivity contribution in [2.24, 2.45) is 0 Å². The van der Waals surface area contributed by atoms with E-state index in [2.05, 4.69) is 9.82 Å². The third-order valence-corrected chi connectivity index (χ3v) is 7.58. The molecule has 0 bridgehead atoms. The monoisotopic (exact) mass is 520 g/mol. The van der Waals surface area contributed by atoms with Crippen molar-refractivity contribution in [3.63, 3.8) is 0 Å². The Bertz CT molecular complexity index is 1390. The summed E-state index contributed by atoms with van der Waals surface area (Å²) < 4.78 is 85.0. The summed E-state index contributed by atoms with van der Waals surface area (Å²) in [6.45, 7) is 3.43. The Labute approximate surface area is 221 Å². The van der Waals surface area contributed by atoms with Crippen molar-refractivity contribution in [3.8, 4) is 0 Å². The van der Waals surface area contributed by atoms with Gasteiger partial charge in [-0.3, -0.25) is 0 Å². The van der Waals surface area contributed by atoms with Gasteiger partial charge in [-0.05, 0) is 51.1 Å². The number of fused-ring (bicyclic) bond motifs is 1. The second-order valence-electron chi connectivity index (χ2n) is 9.13. The molecule has 1 aliphatic heterocycles. The molecule has 3 aromatic rings. The summed E-state index contributed by atoms with van der Waals surface area (Å²) in [5, 5.41) is 4.00. The van der Waals surface area contributed by atoms with E-state index >= 15 is 0 Å². The standard InChI is InChI=1S/C22H22F4N4O3S.Na/c1-21(2,3)34(32,33)28-20(31)16-11-27-30-7-6-14(9-18(16)30)29-12-22(25,26)10-19(29)15-8-13(23)4-5-17(15)24;/h4-9,11,19H,10,12H2,1-3H3,(H,28,31);/q;+1/p-1. The van der Waals surface area contributed by atoms with Gasteiger partial charge >= 0.3 is 29.6 Å². The molecule has 1 saturated heterocycles. The number of benzene rings is 1. The van der Waals surface area contributed by atoms with Crippen LogP contribution in [0.5, 0.6) is 0 Å². The third kappa shape index (κ3) is 5.35. The molecule has 0 N–H and O–H groups in total. The molecular formula is C22H21F4N4NaO3S. The van der Waals surface area contributed by atoms with E-state index in [1.54, 1.807) is 0 Å². The molecule has 1 atom stereocenters. The van der Waals surface area contributed by atoms with Gasteiger partial charge in [-0.15, -0.1) is 0 Å². The van der Waals surface area contributed by atoms with E-state index in [1.807, 2.05) is 0 Å². The maximum atomic E-state index is 14.4. The summed E-state index contributed by atoms with van der Waals surface area (Å²) in [5.74, 6) is -5.81. The van der Waals surface area contributed by atoms with E-state index < -0.39 is 57.2 Å². The van der Waals surface area contributed by atoms with Gasteiger partial charge < -0.3 is 14.4 Å². The fourth-order valence-electron chi connectivity index (χ4n) is 3.74. The van der Waals surface area contributed by atoms with Crippen molar-refractivity contribution in [2.45, 2.75) is 43.9 Å². The Balaban J connectivity index is 0.00000342. The summed E-state index contributed by atoms with van der Waals surface area (Å²) in [4.78, 5) is 13.9. The van der Waals surface area contributed by atoms with Crippen LogP contribution >= 0.6 is 0 Å². The van der Waals surface area contributed by atoms with Crippen LogP contribution in [0.2, 0.25) is 0 Å². The Morgan fingerprint density at radius 1 is 1.17 bits per heavy atom. The van der Waals surface area contributed by atoms with Gasteiger partial charge in [0.15, 0.2) is 0 Å². The molecule has 1 aliphatic rings. The van der Waals surface area contributed by atoms with E-state index in [0.717, 1.165) is 24.4 Å². The number of halogens is 4. The quantitative estimate of drug-likeness (QED) is 0.387. The molecule has 1 fully saturated rings. The summed E-state index contributed by atoms with van der Waals surface area (Å²) in [5.41, 5.74) is -0.0298. The van der Waals surface area contributed by atoms with Crippen molar-refractivity contribution in [1.29, 1.82) is 0 Å². The molecule has 1 amide bonds. The second kappa shape index (κ2) is 9.38. The summed E-state index contributed by atoms with van der Waals surface area (Å²) in [6, 6.07) is 4.32. The van der Waals surface area contributed by atoms with Crippen LogP contribution in [0.1, 0.15) is 49.2 Å². The third-order valence-electron chi connectivity index (χ3n) is 5.63. The maximum Gasteiger partial charge on any atom is 1.00 e. The number of amides is 1. The maximum absolute atomic E-state index is 14.4. The van der Waals surface area contributed by atoms with E-state index in [4.69, 9.17) is 0 Å². The molecule has 3 heterocycles. The van der Waals surface area contributed by atoms with Crippen molar-refractivity contribution in [1.82, 2.24) is 9.61 Å². The second-order valence-corrected chi connectivity index (χ2v) is 11.5. The predicted octanol–water partition coefficient (Wildman–Crippen LogP) is 1.85. The number of alkyl halides is 2. The fourth-order valence-corrected chi connectivity index (χ4v) is 4.33. The first kappa shape index (κ1) is 27.4. The normalized spacial score (nSPS) is 17.9. The first-order chi connectivity index (χ1) is 15.7. The van der Waals surface area contributed by atoms with Crippen LogP contribution in [0.3, 0.4) is 0 Å². The molecule has 0 saturated carbocycles. The molecule has 4 rings (SSSR count). The van der Waals surface area contributed by atoms with Gasteiger partial charge in [0, 0.05) is 29.4 Å². The van der Waals surface area contributed by atoms with Crippen LogP contribution in [0.25, 0.3) is 10.2 Å². The average Bonchev–Trinajstić information content (AvgIpc) is 3.28. The zero-order valence-electron chi connectivity index (χ0n) is 19.5. The molecule has 2 aromatic heterocycles. The largest absolute Gasteiger partial charge is 1.00 e. The summed E-state index contributed by atoms with van der Waals surface area (Å²) in [7, 11) is -4.13. The molecule has 0 spiro atoms. The van der Waals surface area contributed by atoms with Gasteiger partial charge in [-0.1, -0.05) is 0 Å². The van der Waals surface area contributed by atoms with Crippen LogP contribution < -0.4 is 34.5 Å². The predicted molar refractivity (Wildman–Crippen MR) is 118 cm³/mol. The molecule has 1 aromatic carbocycles. The van der Waals surface area contributed by atoms with Gasteiger partial charge in [0.2, 0.25) is 0 Å². The van der Waals surface area contributed by atoms with Crippen molar-refractivity contribution < 1.29 is 60.3 Å². The van der Waals surface area contributed by atoms with Gasteiger partial charge in [0.05, 0.1) is 35.0 Å². The number of anilines is 1. The topological polar surface area (TPSA) is 85.8 Å². The number of nitrogens with zero attached hydrogens (tertiary/aromatic N) is 4. The Hall–Kier alpha value is -2.15. The zero-order chi connectivity index (χ0) is 25.1. The molecule has 13 heteroatoms. The van der Waals surface area contributed by atoms with Crippen molar-refractivity contribution in [2.75, 3.05) is 11.4 Å². The Morgan fingerprint density at radius 2 is 1.86 bits per heavy atom. The molecule has 35 heavy (non-hydrogen) atoms. The Kier molecular flexibility index (Phi) is 7.35. The van der Waals surface area contributed by atoms with Crippen LogP contribution in [-0.4, -0.2) is 41.2 Å². The zero-order valence-corrected chi connectivity index (χ0v) is 22.3. The van der Waals surface area contributed by atoms with E-state index in [-0.39, 0.29) is 51.9 Å². The first-order valence-electron chi connectivity index (χ1n) is 10.3. The van der Waals surface area contributed by atoms with Crippen LogP contribution in [0.15, 0.2) is 42.7 Å². The molecule has 0 radical (unpaired) electrons. The minimum absolute atomic E-state index is 0. The van der Waals surface area contributed by atoms with E-state index in [1.165, 1.54) is 48.5 Å². The summed E-state index contributed by atoms with van der Waals surface area (Å²) in [6.07, 6.45) is 1.79. The average molecular weight is 520 g/mol. The molecule has 1 unspecified atom stereocenters. The minimum atomic E-state index is -4.13. The summed E-state index contributed by atoms with van der Waals surface area (Å²) >= 11 is 0. The first-order valence-corrected chi connectivity index (χ1v) is 11.7. The fraction of sp³-hybridized carbons (Fsp3) is 0.364. The van der Waals surface area contributed by atoms with Crippen LogP contribution in [0, 0.1) is 11.6 Å². The number of pyridine rings is 1.